The van der Waals surface area contributed by atoms with E-state index in [1.165, 1.54) is 12.1 Å². The van der Waals surface area contributed by atoms with Gasteiger partial charge in [0.05, 0.1) is 17.6 Å². The van der Waals surface area contributed by atoms with E-state index in [1.807, 2.05) is 0 Å². The van der Waals surface area contributed by atoms with Gasteiger partial charge >= 0.3 is 51.4 Å². The second-order valence-corrected chi connectivity index (χ2v) is 4.83. The molecule has 0 aliphatic heterocycles. The summed E-state index contributed by atoms with van der Waals surface area (Å²) in [6.45, 7) is 0. The monoisotopic (exact) mass is 307 g/mol. The van der Waals surface area contributed by atoms with Crippen molar-refractivity contribution in [1.82, 2.24) is 5.32 Å². The maximum Gasteiger partial charge on any atom is 1.00 e. The summed E-state index contributed by atoms with van der Waals surface area (Å²) in [6, 6.07) is 6.17. The first-order valence-electron chi connectivity index (χ1n) is 5.40. The third-order valence-corrected chi connectivity index (χ3v) is 3.23. The average Bonchev–Trinajstić information content (AvgIpc) is 2.26. The van der Waals surface area contributed by atoms with Gasteiger partial charge in [0.2, 0.25) is 0 Å². The Labute approximate surface area is 157 Å². The van der Waals surface area contributed by atoms with Crippen molar-refractivity contribution in [2.45, 2.75) is 24.5 Å². The summed E-state index contributed by atoms with van der Waals surface area (Å²) >= 11 is 5.75. The number of carboxylic acids is 1. The molecule has 0 atom stereocenters. The Bertz CT molecular complexity index is 502. The first-order valence-corrected chi connectivity index (χ1v) is 5.78. The molecular formula is C12H11ClKNO4. The first kappa shape index (κ1) is 17.1. The summed E-state index contributed by atoms with van der Waals surface area (Å²) < 4.78 is 0. The number of carbonyl (C=O) groups excluding carboxylic acids is 2. The molecule has 1 saturated carbocycles. The number of carboxylic acid groups (broad SMARTS) is 1. The van der Waals surface area contributed by atoms with Crippen LogP contribution in [0.1, 0.15) is 23.2 Å². The number of halogens is 1. The SMILES string of the molecule is O=C(NC1(C(=O)[O-])CC(O)C1)c1cccc(Cl)c1.[K+]. The van der Waals surface area contributed by atoms with Gasteiger partial charge in [-0.15, -0.1) is 0 Å². The van der Waals surface area contributed by atoms with Crippen molar-refractivity contribution in [2.24, 2.45) is 0 Å². The van der Waals surface area contributed by atoms with Crippen molar-refractivity contribution in [3.05, 3.63) is 34.9 Å². The second kappa shape index (κ2) is 6.67. The topological polar surface area (TPSA) is 89.5 Å². The minimum atomic E-state index is -1.47. The molecule has 96 valence electrons. The van der Waals surface area contributed by atoms with Gasteiger partial charge in [0.1, 0.15) is 0 Å². The van der Waals surface area contributed by atoms with Crippen LogP contribution in [0.15, 0.2) is 24.3 Å². The summed E-state index contributed by atoms with van der Waals surface area (Å²) in [5, 5.41) is 23.0. The number of aliphatic hydroxyl groups is 1. The fraction of sp³-hybridized carbons (Fsp3) is 0.333. The standard InChI is InChI=1S/C12H12ClNO4.K/c13-8-3-1-2-7(4-8)10(16)14-12(11(17)18)5-9(15)6-12;/h1-4,9,15H,5-6H2,(H,14,16)(H,17,18);/q;+1/p-1. The van der Waals surface area contributed by atoms with Crippen LogP contribution in [0.2, 0.25) is 5.02 Å². The Kier molecular flexibility index (Phi) is 6.00. The Morgan fingerprint density at radius 1 is 1.42 bits per heavy atom. The summed E-state index contributed by atoms with van der Waals surface area (Å²) in [7, 11) is 0. The van der Waals surface area contributed by atoms with Gasteiger partial charge in [0, 0.05) is 23.4 Å². The predicted molar refractivity (Wildman–Crippen MR) is 61.9 cm³/mol. The van der Waals surface area contributed by atoms with Gasteiger partial charge < -0.3 is 20.3 Å². The zero-order chi connectivity index (χ0) is 13.3. The third-order valence-electron chi connectivity index (χ3n) is 3.00. The maximum atomic E-state index is 11.9. The number of hydrogen-bond acceptors (Lipinski definition) is 4. The molecule has 1 aromatic carbocycles. The minimum absolute atomic E-state index is 0. The quantitative estimate of drug-likeness (QED) is 0.573. The largest absolute Gasteiger partial charge is 1.00 e. The molecule has 0 aromatic heterocycles. The van der Waals surface area contributed by atoms with Crippen LogP contribution >= 0.6 is 11.6 Å². The second-order valence-electron chi connectivity index (χ2n) is 4.40. The van der Waals surface area contributed by atoms with Gasteiger partial charge in [-0.1, -0.05) is 17.7 Å². The summed E-state index contributed by atoms with van der Waals surface area (Å²) in [6.07, 6.45) is -0.800. The molecule has 0 unspecified atom stereocenters. The van der Waals surface area contributed by atoms with Crippen LogP contribution in [-0.4, -0.2) is 28.6 Å². The predicted octanol–water partition coefficient (Wildman–Crippen LogP) is -3.28. The van der Waals surface area contributed by atoms with Crippen molar-refractivity contribution >= 4 is 23.5 Å². The van der Waals surface area contributed by atoms with E-state index in [0.29, 0.717) is 5.02 Å². The molecule has 0 spiro atoms. The molecule has 0 heterocycles. The first-order chi connectivity index (χ1) is 8.43. The summed E-state index contributed by atoms with van der Waals surface area (Å²) in [5.74, 6) is -1.93. The Hall–Kier alpha value is 0.0464. The molecule has 5 nitrogen and oxygen atoms in total. The van der Waals surface area contributed by atoms with E-state index in [9.17, 15) is 19.8 Å². The molecule has 0 saturated heterocycles. The molecule has 1 aliphatic carbocycles. The molecule has 0 radical (unpaired) electrons. The number of nitrogens with one attached hydrogen (secondary N) is 1. The zero-order valence-electron chi connectivity index (χ0n) is 10.4. The van der Waals surface area contributed by atoms with Gasteiger partial charge in [-0.3, -0.25) is 4.79 Å². The van der Waals surface area contributed by atoms with Gasteiger partial charge in [-0.25, -0.2) is 0 Å². The van der Waals surface area contributed by atoms with Crippen LogP contribution in [-0.2, 0) is 4.79 Å². The number of aliphatic hydroxyl groups excluding tert-OH is 1. The minimum Gasteiger partial charge on any atom is -0.548 e. The number of carbonyl (C=O) groups is 2. The van der Waals surface area contributed by atoms with Crippen molar-refractivity contribution in [3.8, 4) is 0 Å². The number of aliphatic carboxylic acids is 1. The summed E-state index contributed by atoms with van der Waals surface area (Å²) in [5.41, 5.74) is -1.21. The Morgan fingerprint density at radius 2 is 2.05 bits per heavy atom. The molecule has 1 aliphatic rings. The number of rotatable bonds is 3. The van der Waals surface area contributed by atoms with Gasteiger partial charge in [0.15, 0.2) is 0 Å². The van der Waals surface area contributed by atoms with Crippen LogP contribution in [0.5, 0.6) is 0 Å². The number of benzene rings is 1. The van der Waals surface area contributed by atoms with Crippen LogP contribution < -0.4 is 61.8 Å². The fourth-order valence-corrected chi connectivity index (χ4v) is 2.17. The van der Waals surface area contributed by atoms with Gasteiger partial charge in [-0.2, -0.15) is 0 Å². The number of hydrogen-bond donors (Lipinski definition) is 2. The van der Waals surface area contributed by atoms with Crippen LogP contribution in [0, 0.1) is 0 Å². The van der Waals surface area contributed by atoms with Crippen LogP contribution in [0.3, 0.4) is 0 Å². The number of amides is 1. The van der Waals surface area contributed by atoms with Gasteiger partial charge in [0.25, 0.3) is 5.91 Å². The van der Waals surface area contributed by atoms with E-state index in [4.69, 9.17) is 11.6 Å². The van der Waals surface area contributed by atoms with E-state index < -0.39 is 23.5 Å². The molecular weight excluding hydrogens is 297 g/mol. The van der Waals surface area contributed by atoms with E-state index in [2.05, 4.69) is 5.32 Å². The van der Waals surface area contributed by atoms with Gasteiger partial charge in [-0.05, 0) is 18.2 Å². The van der Waals surface area contributed by atoms with E-state index >= 15 is 0 Å². The molecule has 0 bridgehead atoms. The Balaban J connectivity index is 0.00000180. The molecule has 1 fully saturated rings. The zero-order valence-corrected chi connectivity index (χ0v) is 14.2. The van der Waals surface area contributed by atoms with Crippen molar-refractivity contribution in [1.29, 1.82) is 0 Å². The molecule has 1 amide bonds. The van der Waals surface area contributed by atoms with Crippen molar-refractivity contribution in [3.63, 3.8) is 0 Å². The smallest absolute Gasteiger partial charge is 0.548 e. The molecule has 2 N–H and O–H groups in total. The van der Waals surface area contributed by atoms with E-state index in [-0.39, 0.29) is 69.8 Å². The van der Waals surface area contributed by atoms with Crippen LogP contribution in [0.4, 0.5) is 0 Å². The maximum absolute atomic E-state index is 11.9. The van der Waals surface area contributed by atoms with E-state index in [0.717, 1.165) is 0 Å². The average molecular weight is 308 g/mol. The summed E-state index contributed by atoms with van der Waals surface area (Å²) in [4.78, 5) is 22.9. The molecule has 7 heteroatoms. The van der Waals surface area contributed by atoms with Crippen molar-refractivity contribution < 1.29 is 71.2 Å². The van der Waals surface area contributed by atoms with Crippen molar-refractivity contribution in [2.75, 3.05) is 0 Å². The fourth-order valence-electron chi connectivity index (χ4n) is 1.98. The third kappa shape index (κ3) is 3.78. The van der Waals surface area contributed by atoms with E-state index in [1.54, 1.807) is 12.1 Å². The molecule has 2 rings (SSSR count). The molecule has 19 heavy (non-hydrogen) atoms. The van der Waals surface area contributed by atoms with Crippen LogP contribution in [0.25, 0.3) is 0 Å². The Morgan fingerprint density at radius 3 is 2.53 bits per heavy atom. The molecule has 1 aromatic rings. The normalized spacial score (nSPS) is 24.8.